The summed E-state index contributed by atoms with van der Waals surface area (Å²) >= 11 is 3.30. The van der Waals surface area contributed by atoms with Gasteiger partial charge in [0.25, 0.3) is 0 Å². The number of carbonyl (C=O) groups excluding carboxylic acids is 3. The van der Waals surface area contributed by atoms with Gasteiger partial charge in [0.1, 0.15) is 11.6 Å². The maximum Gasteiger partial charge on any atom is 0.411 e. The van der Waals surface area contributed by atoms with Crippen molar-refractivity contribution in [2.45, 2.75) is 45.3 Å². The summed E-state index contributed by atoms with van der Waals surface area (Å²) < 4.78 is 11.3. The average Bonchev–Trinajstić information content (AvgIpc) is 3.01. The third kappa shape index (κ3) is 5.56. The van der Waals surface area contributed by atoms with Crippen LogP contribution in [0.5, 0.6) is 0 Å². The van der Waals surface area contributed by atoms with Gasteiger partial charge in [-0.15, -0.1) is 0 Å². The summed E-state index contributed by atoms with van der Waals surface area (Å²) in [4.78, 5) is 37.9. The lowest BCUT2D eigenvalue weighted by Crippen LogP contribution is -2.44. The Balaban J connectivity index is 1.92. The number of rotatable bonds is 4. The first-order valence-corrected chi connectivity index (χ1v) is 8.92. The molecule has 1 saturated heterocycles. The second kappa shape index (κ2) is 7.99. The number of carbonyl (C=O) groups is 3. The van der Waals surface area contributed by atoms with Crippen molar-refractivity contribution < 1.29 is 23.9 Å². The van der Waals surface area contributed by atoms with Crippen LogP contribution in [0.3, 0.4) is 0 Å². The average molecular weight is 412 g/mol. The molecule has 0 aromatic heterocycles. The molecule has 0 N–H and O–H groups in total. The highest BCUT2D eigenvalue weighted by atomic mass is 79.9. The van der Waals surface area contributed by atoms with Crippen molar-refractivity contribution in [3.05, 3.63) is 34.3 Å². The van der Waals surface area contributed by atoms with Crippen LogP contribution in [0.2, 0.25) is 0 Å². The molecule has 0 bridgehead atoms. The van der Waals surface area contributed by atoms with Crippen molar-refractivity contribution in [2.75, 3.05) is 13.2 Å². The van der Waals surface area contributed by atoms with Crippen molar-refractivity contribution in [1.82, 2.24) is 4.90 Å². The maximum absolute atomic E-state index is 12.3. The van der Waals surface area contributed by atoms with Crippen LogP contribution in [0.25, 0.3) is 0 Å². The lowest BCUT2D eigenvalue weighted by Gasteiger charge is -2.27. The van der Waals surface area contributed by atoms with Crippen LogP contribution in [0.15, 0.2) is 28.7 Å². The van der Waals surface area contributed by atoms with E-state index in [0.29, 0.717) is 24.9 Å². The molecule has 25 heavy (non-hydrogen) atoms. The molecule has 1 fully saturated rings. The Kier molecular flexibility index (Phi) is 6.21. The third-order valence-corrected chi connectivity index (χ3v) is 4.19. The van der Waals surface area contributed by atoms with Gasteiger partial charge < -0.3 is 9.47 Å². The van der Waals surface area contributed by atoms with Crippen LogP contribution in [0, 0.1) is 0 Å². The van der Waals surface area contributed by atoms with E-state index in [-0.39, 0.29) is 12.4 Å². The Morgan fingerprint density at radius 1 is 1.20 bits per heavy atom. The summed E-state index contributed by atoms with van der Waals surface area (Å²) in [6.45, 7) is 5.40. The van der Waals surface area contributed by atoms with Crippen LogP contribution in [-0.2, 0) is 14.3 Å². The number of ketones is 1. The van der Waals surface area contributed by atoms with Crippen molar-refractivity contribution in [2.24, 2.45) is 0 Å². The summed E-state index contributed by atoms with van der Waals surface area (Å²) in [6.07, 6.45) is 0.663. The van der Waals surface area contributed by atoms with E-state index in [4.69, 9.17) is 9.47 Å². The normalized spacial score (nSPS) is 17.3. The first-order valence-electron chi connectivity index (χ1n) is 8.12. The summed E-state index contributed by atoms with van der Waals surface area (Å²) in [5.41, 5.74) is -0.169. The second-order valence-corrected chi connectivity index (χ2v) is 7.79. The minimum Gasteiger partial charge on any atom is -0.456 e. The molecule has 6 nitrogen and oxygen atoms in total. The predicted octanol–water partition coefficient (Wildman–Crippen LogP) is 3.57. The van der Waals surface area contributed by atoms with Crippen molar-refractivity contribution in [3.63, 3.8) is 0 Å². The van der Waals surface area contributed by atoms with E-state index in [2.05, 4.69) is 15.9 Å². The zero-order valence-electron chi connectivity index (χ0n) is 14.6. The number of nitrogens with zero attached hydrogens (tertiary/aromatic N) is 1. The molecule has 0 saturated carbocycles. The van der Waals surface area contributed by atoms with Gasteiger partial charge in [-0.25, -0.2) is 9.59 Å². The van der Waals surface area contributed by atoms with Gasteiger partial charge in [-0.05, 0) is 45.7 Å². The van der Waals surface area contributed by atoms with E-state index in [0.717, 1.165) is 4.47 Å². The smallest absolute Gasteiger partial charge is 0.411 e. The van der Waals surface area contributed by atoms with Crippen molar-refractivity contribution >= 4 is 33.8 Å². The number of esters is 1. The monoisotopic (exact) mass is 411 g/mol. The van der Waals surface area contributed by atoms with Gasteiger partial charge in [0.2, 0.25) is 0 Å². The summed E-state index contributed by atoms with van der Waals surface area (Å²) in [6, 6.07) is 6.10. The minimum absolute atomic E-state index is 0.289. The fourth-order valence-corrected chi connectivity index (χ4v) is 2.77. The number of likely N-dealkylation sites (tertiary alicyclic amines) is 1. The van der Waals surface area contributed by atoms with E-state index in [1.54, 1.807) is 45.0 Å². The van der Waals surface area contributed by atoms with Crippen LogP contribution < -0.4 is 0 Å². The van der Waals surface area contributed by atoms with Gasteiger partial charge in [-0.2, -0.15) is 0 Å². The topological polar surface area (TPSA) is 72.9 Å². The molecule has 1 amide bonds. The van der Waals surface area contributed by atoms with Gasteiger partial charge in [-0.3, -0.25) is 9.69 Å². The molecule has 1 unspecified atom stereocenters. The summed E-state index contributed by atoms with van der Waals surface area (Å²) in [5, 5.41) is 0. The van der Waals surface area contributed by atoms with E-state index in [9.17, 15) is 14.4 Å². The highest BCUT2D eigenvalue weighted by Crippen LogP contribution is 2.22. The fourth-order valence-electron chi connectivity index (χ4n) is 2.50. The molecule has 1 atom stereocenters. The standard InChI is InChI=1S/C18H22BrNO5/c1-18(2,3)25-17(23)20-10-4-5-14(20)16(22)24-11-15(21)12-6-8-13(19)9-7-12/h6-9,14H,4-5,10-11H2,1-3H3. The fraction of sp³-hybridized carbons (Fsp3) is 0.500. The van der Waals surface area contributed by atoms with Gasteiger partial charge in [0.05, 0.1) is 0 Å². The molecule has 7 heteroatoms. The summed E-state index contributed by atoms with van der Waals surface area (Å²) in [5.74, 6) is -0.864. The maximum atomic E-state index is 12.3. The molecule has 1 aromatic rings. The van der Waals surface area contributed by atoms with E-state index in [1.165, 1.54) is 4.90 Å². The van der Waals surface area contributed by atoms with E-state index in [1.807, 2.05) is 0 Å². The Bertz CT molecular complexity index is 650. The SMILES string of the molecule is CC(C)(C)OC(=O)N1CCCC1C(=O)OCC(=O)c1ccc(Br)cc1. The first kappa shape index (κ1) is 19.4. The Morgan fingerprint density at radius 3 is 2.44 bits per heavy atom. The zero-order valence-corrected chi connectivity index (χ0v) is 16.2. The molecule has 1 aromatic carbocycles. The molecule has 2 rings (SSSR count). The largest absolute Gasteiger partial charge is 0.456 e. The molecular formula is C18H22BrNO5. The number of ether oxygens (including phenoxy) is 2. The number of amides is 1. The molecular weight excluding hydrogens is 390 g/mol. The van der Waals surface area contributed by atoms with Crippen molar-refractivity contribution in [3.8, 4) is 0 Å². The molecule has 0 radical (unpaired) electrons. The van der Waals surface area contributed by atoms with Crippen LogP contribution in [-0.4, -0.2) is 47.5 Å². The number of hydrogen-bond acceptors (Lipinski definition) is 5. The van der Waals surface area contributed by atoms with Crippen molar-refractivity contribution in [1.29, 1.82) is 0 Å². The molecule has 0 aliphatic carbocycles. The number of Topliss-reactive ketones (excluding diaryl/α,β-unsaturated/α-hetero) is 1. The first-order chi connectivity index (χ1) is 11.7. The Hall–Kier alpha value is -1.89. The lowest BCUT2D eigenvalue weighted by molar-refractivity contribution is -0.147. The quantitative estimate of drug-likeness (QED) is 0.559. The highest BCUT2D eigenvalue weighted by Gasteiger charge is 2.37. The minimum atomic E-state index is -0.701. The second-order valence-electron chi connectivity index (χ2n) is 6.87. The molecule has 136 valence electrons. The van der Waals surface area contributed by atoms with Crippen LogP contribution in [0.1, 0.15) is 44.0 Å². The van der Waals surface area contributed by atoms with Gasteiger partial charge in [0.15, 0.2) is 12.4 Å². The Labute approximate surface area is 155 Å². The van der Waals surface area contributed by atoms with E-state index >= 15 is 0 Å². The van der Waals surface area contributed by atoms with Gasteiger partial charge >= 0.3 is 12.1 Å². The van der Waals surface area contributed by atoms with Crippen LogP contribution >= 0.6 is 15.9 Å². The molecule has 0 spiro atoms. The molecule has 1 heterocycles. The molecule has 1 aliphatic rings. The predicted molar refractivity (Wildman–Crippen MR) is 95.4 cm³/mol. The third-order valence-electron chi connectivity index (χ3n) is 3.66. The molecule has 1 aliphatic heterocycles. The van der Waals surface area contributed by atoms with Gasteiger partial charge in [-0.1, -0.05) is 28.1 Å². The van der Waals surface area contributed by atoms with Crippen LogP contribution in [0.4, 0.5) is 4.79 Å². The lowest BCUT2D eigenvalue weighted by atomic mass is 10.1. The number of hydrogen-bond donors (Lipinski definition) is 0. The Morgan fingerprint density at radius 2 is 1.84 bits per heavy atom. The van der Waals surface area contributed by atoms with Gasteiger partial charge in [0, 0.05) is 16.6 Å². The summed E-state index contributed by atoms with van der Waals surface area (Å²) in [7, 11) is 0. The number of benzene rings is 1. The highest BCUT2D eigenvalue weighted by molar-refractivity contribution is 9.10. The van der Waals surface area contributed by atoms with E-state index < -0.39 is 23.7 Å². The number of halogens is 1. The zero-order chi connectivity index (χ0) is 18.6.